The van der Waals surface area contributed by atoms with Gasteiger partial charge in [-0.1, -0.05) is 25.5 Å². The Bertz CT molecular complexity index is 993. The second-order valence-electron chi connectivity index (χ2n) is 8.03. The number of carbonyl (C=O) groups is 1. The molecule has 0 N–H and O–H groups in total. The number of hydrogen-bond donors (Lipinski definition) is 0. The van der Waals surface area contributed by atoms with Gasteiger partial charge in [-0.15, -0.1) is 0 Å². The van der Waals surface area contributed by atoms with E-state index in [1.807, 2.05) is 60.0 Å². The van der Waals surface area contributed by atoms with E-state index in [2.05, 4.69) is 6.92 Å². The summed E-state index contributed by atoms with van der Waals surface area (Å²) < 4.78 is 13.2. The molecule has 1 aliphatic carbocycles. The Morgan fingerprint density at radius 2 is 1.90 bits per heavy atom. The Kier molecular flexibility index (Phi) is 5.56. The highest BCUT2D eigenvalue weighted by atomic mass is 16.5. The number of hydrogen-bond acceptors (Lipinski definition) is 4. The summed E-state index contributed by atoms with van der Waals surface area (Å²) in [6.45, 7) is 4.13. The summed E-state index contributed by atoms with van der Waals surface area (Å²) >= 11 is 0. The van der Waals surface area contributed by atoms with Gasteiger partial charge in [0.2, 0.25) is 0 Å². The molecule has 29 heavy (non-hydrogen) atoms. The van der Waals surface area contributed by atoms with Crippen molar-refractivity contribution in [3.05, 3.63) is 48.5 Å². The molecular formula is C24H28N2O3. The van der Waals surface area contributed by atoms with Crippen molar-refractivity contribution in [3.8, 4) is 17.1 Å². The second kappa shape index (κ2) is 8.27. The van der Waals surface area contributed by atoms with Gasteiger partial charge in [0.25, 0.3) is 0 Å². The van der Waals surface area contributed by atoms with Gasteiger partial charge in [-0.3, -0.25) is 0 Å². The molecule has 0 spiro atoms. The highest BCUT2D eigenvalue weighted by Crippen LogP contribution is 2.31. The number of ether oxygens (including phenoxy) is 2. The lowest BCUT2D eigenvalue weighted by Gasteiger charge is -2.28. The molecule has 2 unspecified atom stereocenters. The molecule has 0 bridgehead atoms. The van der Waals surface area contributed by atoms with Crippen LogP contribution in [-0.2, 0) is 9.53 Å². The average Bonchev–Trinajstić information content (AvgIpc) is 3.12. The van der Waals surface area contributed by atoms with Crippen LogP contribution in [0.3, 0.4) is 0 Å². The van der Waals surface area contributed by atoms with Crippen molar-refractivity contribution >= 4 is 17.0 Å². The minimum Gasteiger partial charge on any atom is -0.497 e. The number of carbonyl (C=O) groups excluding carboxylic acids is 1. The summed E-state index contributed by atoms with van der Waals surface area (Å²) in [6, 6.07) is 15.2. The fourth-order valence-electron chi connectivity index (χ4n) is 4.23. The lowest BCUT2D eigenvalue weighted by atomic mass is 9.89. The van der Waals surface area contributed by atoms with E-state index in [9.17, 15) is 4.79 Å². The number of para-hydroxylation sites is 2. The maximum atomic E-state index is 13.1. The smallest absolute Gasteiger partial charge is 0.329 e. The topological polar surface area (TPSA) is 53.4 Å². The number of nitrogens with zero attached hydrogens (tertiary/aromatic N) is 2. The molecule has 0 saturated heterocycles. The first-order valence-electron chi connectivity index (χ1n) is 10.4. The van der Waals surface area contributed by atoms with Gasteiger partial charge < -0.3 is 14.0 Å². The average molecular weight is 392 g/mol. The molecular weight excluding hydrogens is 364 g/mol. The molecule has 2 aromatic carbocycles. The molecule has 3 aromatic rings. The van der Waals surface area contributed by atoms with Crippen LogP contribution in [-0.4, -0.2) is 28.7 Å². The molecule has 0 aliphatic heterocycles. The number of imidazole rings is 1. The molecule has 152 valence electrons. The van der Waals surface area contributed by atoms with Gasteiger partial charge in [0, 0.05) is 5.56 Å². The number of fused-ring (bicyclic) bond motifs is 1. The van der Waals surface area contributed by atoms with Crippen molar-refractivity contribution in [2.75, 3.05) is 7.11 Å². The van der Waals surface area contributed by atoms with Crippen LogP contribution >= 0.6 is 0 Å². The van der Waals surface area contributed by atoms with Gasteiger partial charge in [0.05, 0.1) is 18.1 Å². The zero-order chi connectivity index (χ0) is 20.4. The Morgan fingerprint density at radius 3 is 2.62 bits per heavy atom. The van der Waals surface area contributed by atoms with Crippen LogP contribution in [0.2, 0.25) is 0 Å². The van der Waals surface area contributed by atoms with Crippen LogP contribution < -0.4 is 4.74 Å². The standard InChI is InChI=1S/C24H28N2O3/c1-16-7-6-8-20(15-16)29-24(27)17(2)26-22-10-5-4-9-21(22)25-23(26)18-11-13-19(28-3)14-12-18/h4-5,9-14,16-17,20H,6-8,15H2,1-3H3/t16?,17-,20?/m1/s1. The van der Waals surface area contributed by atoms with Crippen molar-refractivity contribution in [2.24, 2.45) is 5.92 Å². The summed E-state index contributed by atoms with van der Waals surface area (Å²) in [5.74, 6) is 1.97. The molecule has 0 amide bonds. The molecule has 3 atom stereocenters. The number of esters is 1. The third kappa shape index (κ3) is 4.00. The molecule has 4 rings (SSSR count). The highest BCUT2D eigenvalue weighted by Gasteiger charge is 2.28. The number of methoxy groups -OCH3 is 1. The van der Waals surface area contributed by atoms with E-state index in [0.717, 1.165) is 47.4 Å². The predicted molar refractivity (Wildman–Crippen MR) is 114 cm³/mol. The Balaban J connectivity index is 1.68. The SMILES string of the molecule is COc1ccc(-c2nc3ccccc3n2[C@H](C)C(=O)OC2CCCC(C)C2)cc1. The Morgan fingerprint density at radius 1 is 1.14 bits per heavy atom. The van der Waals surface area contributed by atoms with Crippen molar-refractivity contribution in [1.82, 2.24) is 9.55 Å². The van der Waals surface area contributed by atoms with Gasteiger partial charge in [-0.2, -0.15) is 0 Å². The third-order valence-electron chi connectivity index (χ3n) is 5.84. The zero-order valence-electron chi connectivity index (χ0n) is 17.3. The second-order valence-corrected chi connectivity index (χ2v) is 8.03. The molecule has 1 heterocycles. The molecule has 1 aliphatic rings. The Labute approximate surface area is 171 Å². The van der Waals surface area contributed by atoms with Gasteiger partial charge in [-0.05, 0) is 68.5 Å². The molecule has 5 nitrogen and oxygen atoms in total. The molecule has 0 radical (unpaired) electrons. The largest absolute Gasteiger partial charge is 0.497 e. The lowest BCUT2D eigenvalue weighted by Crippen LogP contribution is -2.28. The van der Waals surface area contributed by atoms with E-state index < -0.39 is 6.04 Å². The number of benzene rings is 2. The van der Waals surface area contributed by atoms with E-state index in [1.54, 1.807) is 7.11 Å². The van der Waals surface area contributed by atoms with Crippen LogP contribution in [0.25, 0.3) is 22.4 Å². The van der Waals surface area contributed by atoms with Gasteiger partial charge in [0.15, 0.2) is 0 Å². The first-order chi connectivity index (χ1) is 14.1. The van der Waals surface area contributed by atoms with E-state index in [4.69, 9.17) is 14.5 Å². The molecule has 5 heteroatoms. The molecule has 1 fully saturated rings. The Hall–Kier alpha value is -2.82. The fourth-order valence-corrected chi connectivity index (χ4v) is 4.23. The summed E-state index contributed by atoms with van der Waals surface area (Å²) in [6.07, 6.45) is 4.27. The summed E-state index contributed by atoms with van der Waals surface area (Å²) in [5, 5.41) is 0. The van der Waals surface area contributed by atoms with Crippen LogP contribution in [0.5, 0.6) is 5.75 Å². The number of rotatable bonds is 5. The quantitative estimate of drug-likeness (QED) is 0.546. The first kappa shape index (κ1) is 19.5. The maximum Gasteiger partial charge on any atom is 0.329 e. The minimum atomic E-state index is -0.461. The molecule has 1 saturated carbocycles. The summed E-state index contributed by atoms with van der Waals surface area (Å²) in [7, 11) is 1.65. The molecule has 1 aromatic heterocycles. The van der Waals surface area contributed by atoms with Crippen molar-refractivity contribution < 1.29 is 14.3 Å². The van der Waals surface area contributed by atoms with Gasteiger partial charge >= 0.3 is 5.97 Å². The van der Waals surface area contributed by atoms with Crippen LogP contribution in [0, 0.1) is 5.92 Å². The summed E-state index contributed by atoms with van der Waals surface area (Å²) in [5.41, 5.74) is 2.73. The first-order valence-corrected chi connectivity index (χ1v) is 10.4. The maximum absolute atomic E-state index is 13.1. The van der Waals surface area contributed by atoms with Crippen molar-refractivity contribution in [2.45, 2.75) is 51.7 Å². The lowest BCUT2D eigenvalue weighted by molar-refractivity contribution is -0.154. The van der Waals surface area contributed by atoms with Crippen LogP contribution in [0.1, 0.15) is 45.6 Å². The predicted octanol–water partition coefficient (Wildman–Crippen LogP) is 5.39. The zero-order valence-corrected chi connectivity index (χ0v) is 17.3. The minimum absolute atomic E-state index is 0.0212. The van der Waals surface area contributed by atoms with Crippen molar-refractivity contribution in [3.63, 3.8) is 0 Å². The third-order valence-corrected chi connectivity index (χ3v) is 5.84. The fraction of sp³-hybridized carbons (Fsp3) is 0.417. The van der Waals surface area contributed by atoms with E-state index >= 15 is 0 Å². The van der Waals surface area contributed by atoms with E-state index in [0.29, 0.717) is 5.92 Å². The van der Waals surface area contributed by atoms with Crippen LogP contribution in [0.4, 0.5) is 0 Å². The van der Waals surface area contributed by atoms with Crippen molar-refractivity contribution in [1.29, 1.82) is 0 Å². The van der Waals surface area contributed by atoms with E-state index in [1.165, 1.54) is 6.42 Å². The van der Waals surface area contributed by atoms with Gasteiger partial charge in [0.1, 0.15) is 23.7 Å². The monoisotopic (exact) mass is 392 g/mol. The number of aromatic nitrogens is 2. The summed E-state index contributed by atoms with van der Waals surface area (Å²) in [4.78, 5) is 17.9. The van der Waals surface area contributed by atoms with E-state index in [-0.39, 0.29) is 12.1 Å². The van der Waals surface area contributed by atoms with Crippen LogP contribution in [0.15, 0.2) is 48.5 Å². The normalized spacial score (nSPS) is 20.4. The van der Waals surface area contributed by atoms with Gasteiger partial charge in [-0.25, -0.2) is 9.78 Å². The highest BCUT2D eigenvalue weighted by molar-refractivity contribution is 5.85.